The van der Waals surface area contributed by atoms with E-state index in [0.29, 0.717) is 18.8 Å². The molecule has 1 rings (SSSR count). The van der Waals surface area contributed by atoms with Gasteiger partial charge in [0.2, 0.25) is 0 Å². The summed E-state index contributed by atoms with van der Waals surface area (Å²) in [5, 5.41) is 9.16. The van der Waals surface area contributed by atoms with Crippen molar-refractivity contribution < 1.29 is 14.7 Å². The van der Waals surface area contributed by atoms with Gasteiger partial charge >= 0.3 is 12.0 Å². The summed E-state index contributed by atoms with van der Waals surface area (Å²) in [6, 6.07) is -0.903. The molecular formula is C12H20N2O3S. The van der Waals surface area contributed by atoms with Gasteiger partial charge in [-0.25, -0.2) is 9.59 Å². The van der Waals surface area contributed by atoms with Gasteiger partial charge in [0.05, 0.1) is 0 Å². The van der Waals surface area contributed by atoms with Crippen molar-refractivity contribution in [3.63, 3.8) is 0 Å². The Bertz CT molecular complexity index is 333. The van der Waals surface area contributed by atoms with E-state index in [2.05, 4.69) is 6.58 Å². The second-order valence-electron chi connectivity index (χ2n) is 4.44. The van der Waals surface area contributed by atoms with Gasteiger partial charge in [0.15, 0.2) is 0 Å². The quantitative estimate of drug-likeness (QED) is 0.788. The first-order valence-corrected chi connectivity index (χ1v) is 7.13. The molecule has 1 saturated heterocycles. The van der Waals surface area contributed by atoms with E-state index in [-0.39, 0.29) is 12.1 Å². The minimum atomic E-state index is -0.933. The van der Waals surface area contributed by atoms with Gasteiger partial charge in [0.25, 0.3) is 0 Å². The molecule has 1 heterocycles. The number of hydrogen-bond acceptors (Lipinski definition) is 3. The van der Waals surface area contributed by atoms with Crippen LogP contribution in [0.3, 0.4) is 0 Å². The standard InChI is InChI=1S/C12H20N2O3S/c1-4-5-13(9(2)3)12(17)14-6-7-18-8-10(14)11(15)16/h4,9-10H,1,5-8H2,2-3H3,(H,15,16). The van der Waals surface area contributed by atoms with Crippen molar-refractivity contribution >= 4 is 23.8 Å². The number of carbonyl (C=O) groups excluding carboxylic acids is 1. The Morgan fingerprint density at radius 1 is 1.61 bits per heavy atom. The molecule has 0 aromatic rings. The number of nitrogens with zero attached hydrogens (tertiary/aromatic N) is 2. The molecule has 0 aromatic carbocycles. The number of carboxylic acids is 1. The normalized spacial score (nSPS) is 19.7. The molecule has 102 valence electrons. The lowest BCUT2D eigenvalue weighted by atomic mass is 10.2. The van der Waals surface area contributed by atoms with E-state index in [0.717, 1.165) is 5.75 Å². The van der Waals surface area contributed by atoms with Gasteiger partial charge in [-0.05, 0) is 13.8 Å². The minimum Gasteiger partial charge on any atom is -0.480 e. The van der Waals surface area contributed by atoms with Crippen LogP contribution < -0.4 is 0 Å². The molecule has 0 saturated carbocycles. The Balaban J connectivity index is 2.83. The van der Waals surface area contributed by atoms with Crippen LogP contribution in [0.25, 0.3) is 0 Å². The molecule has 5 nitrogen and oxygen atoms in total. The zero-order valence-electron chi connectivity index (χ0n) is 10.8. The summed E-state index contributed by atoms with van der Waals surface area (Å²) in [4.78, 5) is 26.6. The highest BCUT2D eigenvalue weighted by Crippen LogP contribution is 2.19. The Kier molecular flexibility index (Phi) is 5.53. The summed E-state index contributed by atoms with van der Waals surface area (Å²) in [5.74, 6) is 0.314. The van der Waals surface area contributed by atoms with Gasteiger partial charge in [-0.1, -0.05) is 6.08 Å². The molecule has 0 radical (unpaired) electrons. The molecule has 1 fully saturated rings. The van der Waals surface area contributed by atoms with E-state index in [1.165, 1.54) is 4.90 Å². The summed E-state index contributed by atoms with van der Waals surface area (Å²) < 4.78 is 0. The first-order chi connectivity index (χ1) is 8.49. The number of rotatable bonds is 4. The number of thioether (sulfide) groups is 1. The van der Waals surface area contributed by atoms with Crippen LogP contribution >= 0.6 is 11.8 Å². The lowest BCUT2D eigenvalue weighted by Gasteiger charge is -2.37. The second kappa shape index (κ2) is 6.68. The van der Waals surface area contributed by atoms with E-state index in [4.69, 9.17) is 5.11 Å². The highest BCUT2D eigenvalue weighted by Gasteiger charge is 2.35. The summed E-state index contributed by atoms with van der Waals surface area (Å²) >= 11 is 1.57. The molecule has 1 aliphatic rings. The lowest BCUT2D eigenvalue weighted by molar-refractivity contribution is -0.141. The van der Waals surface area contributed by atoms with Crippen molar-refractivity contribution in [2.45, 2.75) is 25.9 Å². The van der Waals surface area contributed by atoms with Gasteiger partial charge in [-0.2, -0.15) is 11.8 Å². The maximum absolute atomic E-state index is 12.4. The number of aliphatic carboxylic acids is 1. The maximum atomic E-state index is 12.4. The zero-order chi connectivity index (χ0) is 13.7. The summed E-state index contributed by atoms with van der Waals surface area (Å²) in [7, 11) is 0. The van der Waals surface area contributed by atoms with Gasteiger partial charge in [0, 0.05) is 30.6 Å². The molecular weight excluding hydrogens is 252 g/mol. The van der Waals surface area contributed by atoms with E-state index in [1.807, 2.05) is 13.8 Å². The fourth-order valence-corrected chi connectivity index (χ4v) is 2.89. The summed E-state index contributed by atoms with van der Waals surface area (Å²) in [5.41, 5.74) is 0. The van der Waals surface area contributed by atoms with Crippen LogP contribution in [0.2, 0.25) is 0 Å². The van der Waals surface area contributed by atoms with E-state index in [1.54, 1.807) is 22.7 Å². The molecule has 1 unspecified atom stereocenters. The van der Waals surface area contributed by atoms with Crippen LogP contribution in [0.4, 0.5) is 4.79 Å². The van der Waals surface area contributed by atoms with Crippen LogP contribution in [0, 0.1) is 0 Å². The average molecular weight is 272 g/mol. The molecule has 0 aromatic heterocycles. The van der Waals surface area contributed by atoms with Crippen molar-refractivity contribution in [1.82, 2.24) is 9.80 Å². The van der Waals surface area contributed by atoms with Crippen LogP contribution in [-0.4, -0.2) is 63.6 Å². The predicted molar refractivity (Wildman–Crippen MR) is 72.9 cm³/mol. The van der Waals surface area contributed by atoms with E-state index in [9.17, 15) is 9.59 Å². The molecule has 18 heavy (non-hydrogen) atoms. The monoisotopic (exact) mass is 272 g/mol. The molecule has 0 aliphatic carbocycles. The minimum absolute atomic E-state index is 0.0273. The third-order valence-corrected chi connectivity index (χ3v) is 3.88. The Hall–Kier alpha value is -1.17. The van der Waals surface area contributed by atoms with Crippen LogP contribution in [0.5, 0.6) is 0 Å². The molecule has 2 amide bonds. The largest absolute Gasteiger partial charge is 0.480 e. The fourth-order valence-electron chi connectivity index (χ4n) is 1.85. The number of amides is 2. The van der Waals surface area contributed by atoms with Gasteiger partial charge in [0.1, 0.15) is 6.04 Å². The smallest absolute Gasteiger partial charge is 0.327 e. The Labute approximate surface area is 112 Å². The lowest BCUT2D eigenvalue weighted by Crippen LogP contribution is -2.56. The number of carbonyl (C=O) groups is 2. The SMILES string of the molecule is C=CCN(C(=O)N1CCSCC1C(=O)O)C(C)C. The van der Waals surface area contributed by atoms with Crippen LogP contribution in [-0.2, 0) is 4.79 Å². The van der Waals surface area contributed by atoms with Crippen molar-refractivity contribution in [2.24, 2.45) is 0 Å². The third-order valence-electron chi connectivity index (χ3n) is 2.85. The van der Waals surface area contributed by atoms with E-state index >= 15 is 0 Å². The van der Waals surface area contributed by atoms with Crippen molar-refractivity contribution in [3.05, 3.63) is 12.7 Å². The molecule has 0 spiro atoms. The molecule has 1 aliphatic heterocycles. The number of carboxylic acid groups (broad SMARTS) is 1. The van der Waals surface area contributed by atoms with Crippen molar-refractivity contribution in [3.8, 4) is 0 Å². The summed E-state index contributed by atoms with van der Waals surface area (Å²) in [6.07, 6.45) is 1.66. The highest BCUT2D eigenvalue weighted by molar-refractivity contribution is 7.99. The Morgan fingerprint density at radius 3 is 2.78 bits per heavy atom. The fraction of sp³-hybridized carbons (Fsp3) is 0.667. The van der Waals surface area contributed by atoms with Crippen molar-refractivity contribution in [2.75, 3.05) is 24.6 Å². The number of urea groups is 1. The average Bonchev–Trinajstić information content (AvgIpc) is 2.34. The van der Waals surface area contributed by atoms with E-state index < -0.39 is 12.0 Å². The molecule has 0 bridgehead atoms. The first kappa shape index (κ1) is 14.9. The van der Waals surface area contributed by atoms with Gasteiger partial charge in [-0.3, -0.25) is 0 Å². The zero-order valence-corrected chi connectivity index (χ0v) is 11.7. The predicted octanol–water partition coefficient (Wildman–Crippen LogP) is 1.50. The summed E-state index contributed by atoms with van der Waals surface area (Å²) in [6.45, 7) is 8.38. The topological polar surface area (TPSA) is 60.9 Å². The third kappa shape index (κ3) is 3.41. The van der Waals surface area contributed by atoms with Gasteiger partial charge < -0.3 is 14.9 Å². The number of hydrogen-bond donors (Lipinski definition) is 1. The van der Waals surface area contributed by atoms with Crippen molar-refractivity contribution in [1.29, 1.82) is 0 Å². The Morgan fingerprint density at radius 2 is 2.28 bits per heavy atom. The molecule has 1 N–H and O–H groups in total. The van der Waals surface area contributed by atoms with Crippen LogP contribution in [0.15, 0.2) is 12.7 Å². The first-order valence-electron chi connectivity index (χ1n) is 5.97. The highest BCUT2D eigenvalue weighted by atomic mass is 32.2. The molecule has 1 atom stereocenters. The van der Waals surface area contributed by atoms with Crippen LogP contribution in [0.1, 0.15) is 13.8 Å². The maximum Gasteiger partial charge on any atom is 0.327 e. The second-order valence-corrected chi connectivity index (χ2v) is 5.59. The van der Waals surface area contributed by atoms with Gasteiger partial charge in [-0.15, -0.1) is 6.58 Å². The molecule has 6 heteroatoms.